The highest BCUT2D eigenvalue weighted by Gasteiger charge is 2.23. The number of rotatable bonds is 3. The van der Waals surface area contributed by atoms with Crippen LogP contribution in [0.15, 0.2) is 18.2 Å². The quantitative estimate of drug-likeness (QED) is 0.944. The van der Waals surface area contributed by atoms with E-state index in [9.17, 15) is 4.79 Å². The summed E-state index contributed by atoms with van der Waals surface area (Å²) in [5, 5.41) is 9.86. The zero-order valence-corrected chi connectivity index (χ0v) is 13.1. The number of fused-ring (bicyclic) bond motifs is 3. The number of amides is 1. The number of aromatic amines is 1. The Morgan fingerprint density at radius 2 is 2.32 bits per heavy atom. The second kappa shape index (κ2) is 5.84. The first kappa shape index (κ1) is 14.6. The Labute approximate surface area is 130 Å². The number of nitrogens with zero attached hydrogens (tertiary/aromatic N) is 2. The number of nitriles is 1. The third kappa shape index (κ3) is 2.48. The zero-order chi connectivity index (χ0) is 15.7. The fraction of sp³-hybridized carbons (Fsp3) is 0.444. The van der Waals surface area contributed by atoms with Crippen LogP contribution in [0.2, 0.25) is 0 Å². The van der Waals surface area contributed by atoms with Crippen LogP contribution in [0, 0.1) is 17.2 Å². The molecular weight excluding hydrogens is 274 g/mol. The Balaban J connectivity index is 2.01. The molecule has 4 heteroatoms. The highest BCUT2D eigenvalue weighted by Crippen LogP contribution is 2.33. The summed E-state index contributed by atoms with van der Waals surface area (Å²) in [7, 11) is 1.75. The van der Waals surface area contributed by atoms with Crippen molar-refractivity contribution in [2.24, 2.45) is 5.92 Å². The van der Waals surface area contributed by atoms with Gasteiger partial charge >= 0.3 is 0 Å². The molecule has 0 saturated heterocycles. The fourth-order valence-electron chi connectivity index (χ4n) is 3.32. The van der Waals surface area contributed by atoms with Gasteiger partial charge in [-0.05, 0) is 36.8 Å². The molecule has 1 N–H and O–H groups in total. The predicted molar refractivity (Wildman–Crippen MR) is 86.7 cm³/mol. The molecule has 1 aliphatic carbocycles. The second-order valence-electron chi connectivity index (χ2n) is 6.29. The van der Waals surface area contributed by atoms with Crippen LogP contribution in [-0.2, 0) is 12.8 Å². The molecule has 114 valence electrons. The van der Waals surface area contributed by atoms with Gasteiger partial charge in [-0.3, -0.25) is 4.79 Å². The lowest BCUT2D eigenvalue weighted by atomic mass is 9.87. The molecule has 3 rings (SSSR count). The van der Waals surface area contributed by atoms with Gasteiger partial charge in [0.15, 0.2) is 0 Å². The maximum atomic E-state index is 12.6. The van der Waals surface area contributed by atoms with Crippen molar-refractivity contribution in [3.05, 3.63) is 35.0 Å². The van der Waals surface area contributed by atoms with E-state index < -0.39 is 0 Å². The average molecular weight is 295 g/mol. The highest BCUT2D eigenvalue weighted by molar-refractivity contribution is 6.06. The van der Waals surface area contributed by atoms with Crippen LogP contribution < -0.4 is 0 Å². The number of carbonyl (C=O) groups excluding carboxylic acids is 1. The summed E-state index contributed by atoms with van der Waals surface area (Å²) in [6.45, 7) is 2.75. The van der Waals surface area contributed by atoms with Crippen LogP contribution in [0.5, 0.6) is 0 Å². The van der Waals surface area contributed by atoms with Crippen molar-refractivity contribution in [3.63, 3.8) is 0 Å². The highest BCUT2D eigenvalue weighted by atomic mass is 16.2. The van der Waals surface area contributed by atoms with Crippen molar-refractivity contribution >= 4 is 16.8 Å². The molecule has 1 atom stereocenters. The minimum atomic E-state index is -0.0208. The Kier molecular flexibility index (Phi) is 3.89. The summed E-state index contributed by atoms with van der Waals surface area (Å²) in [6, 6.07) is 8.02. The molecule has 0 bridgehead atoms. The minimum absolute atomic E-state index is 0.0208. The molecule has 1 aromatic heterocycles. The minimum Gasteiger partial charge on any atom is -0.358 e. The molecule has 1 unspecified atom stereocenters. The Bertz CT molecular complexity index is 754. The molecule has 22 heavy (non-hydrogen) atoms. The molecule has 0 spiro atoms. The molecule has 0 fully saturated rings. The first-order chi connectivity index (χ1) is 10.6. The van der Waals surface area contributed by atoms with E-state index in [0.717, 1.165) is 18.4 Å². The molecular formula is C18H21N3O. The Hall–Kier alpha value is -2.28. The van der Waals surface area contributed by atoms with E-state index in [1.165, 1.54) is 23.1 Å². The van der Waals surface area contributed by atoms with Crippen molar-refractivity contribution < 1.29 is 4.79 Å². The van der Waals surface area contributed by atoms with Gasteiger partial charge in [0.05, 0.1) is 23.6 Å². The maximum Gasteiger partial charge on any atom is 0.255 e. The van der Waals surface area contributed by atoms with Gasteiger partial charge in [0.25, 0.3) is 5.91 Å². The van der Waals surface area contributed by atoms with Crippen LogP contribution >= 0.6 is 0 Å². The third-order valence-corrected chi connectivity index (χ3v) is 4.61. The standard InChI is InChI=1S/C18H21N3O/c1-12-7-8-16-15(11-12)13-5-3-6-14(17(13)20-16)18(22)21(2)10-4-9-19/h3,5-6,12,20H,4,7-8,10-11H2,1-2H3. The number of hydrogen-bond acceptors (Lipinski definition) is 2. The number of H-pyrrole nitrogens is 1. The van der Waals surface area contributed by atoms with Crippen LogP contribution in [0.25, 0.3) is 10.9 Å². The fourth-order valence-corrected chi connectivity index (χ4v) is 3.32. The number of aryl methyl sites for hydroxylation is 1. The van der Waals surface area contributed by atoms with Crippen LogP contribution in [0.3, 0.4) is 0 Å². The lowest BCUT2D eigenvalue weighted by Gasteiger charge is -2.18. The number of benzene rings is 1. The van der Waals surface area contributed by atoms with E-state index in [4.69, 9.17) is 5.26 Å². The Morgan fingerprint density at radius 3 is 3.09 bits per heavy atom. The molecule has 0 aliphatic heterocycles. The van der Waals surface area contributed by atoms with Crippen molar-refractivity contribution in [1.29, 1.82) is 5.26 Å². The molecule has 1 heterocycles. The summed E-state index contributed by atoms with van der Waals surface area (Å²) in [4.78, 5) is 17.7. The topological polar surface area (TPSA) is 59.9 Å². The normalized spacial score (nSPS) is 17.0. The van der Waals surface area contributed by atoms with Crippen LogP contribution in [-0.4, -0.2) is 29.4 Å². The van der Waals surface area contributed by atoms with Crippen LogP contribution in [0.4, 0.5) is 0 Å². The second-order valence-corrected chi connectivity index (χ2v) is 6.29. The molecule has 4 nitrogen and oxygen atoms in total. The molecule has 0 saturated carbocycles. The SMILES string of the molecule is CC1CCc2[nH]c3c(C(=O)N(C)CCC#N)cccc3c2C1. The smallest absolute Gasteiger partial charge is 0.255 e. The van der Waals surface area contributed by atoms with E-state index in [2.05, 4.69) is 24.0 Å². The van der Waals surface area contributed by atoms with E-state index in [1.807, 2.05) is 12.1 Å². The van der Waals surface area contributed by atoms with E-state index in [-0.39, 0.29) is 5.91 Å². The number of para-hydroxylation sites is 1. The van der Waals surface area contributed by atoms with Gasteiger partial charge in [0, 0.05) is 24.7 Å². The largest absolute Gasteiger partial charge is 0.358 e. The summed E-state index contributed by atoms with van der Waals surface area (Å²) in [5.41, 5.74) is 4.33. The van der Waals surface area contributed by atoms with Crippen molar-refractivity contribution in [2.45, 2.75) is 32.6 Å². The number of nitrogens with one attached hydrogen (secondary N) is 1. The van der Waals surface area contributed by atoms with Gasteiger partial charge in [-0.2, -0.15) is 5.26 Å². The number of carbonyl (C=O) groups is 1. The van der Waals surface area contributed by atoms with Crippen molar-refractivity contribution in [3.8, 4) is 6.07 Å². The number of aromatic nitrogens is 1. The lowest BCUT2D eigenvalue weighted by Crippen LogP contribution is -2.27. The van der Waals surface area contributed by atoms with Gasteiger partial charge in [-0.15, -0.1) is 0 Å². The van der Waals surface area contributed by atoms with Gasteiger partial charge in [-0.25, -0.2) is 0 Å². The van der Waals surface area contributed by atoms with E-state index >= 15 is 0 Å². The lowest BCUT2D eigenvalue weighted by molar-refractivity contribution is 0.0800. The van der Waals surface area contributed by atoms with Crippen LogP contribution in [0.1, 0.15) is 41.4 Å². The van der Waals surface area contributed by atoms with Gasteiger partial charge in [0.2, 0.25) is 0 Å². The average Bonchev–Trinajstić information content (AvgIpc) is 2.89. The summed E-state index contributed by atoms with van der Waals surface area (Å²) >= 11 is 0. The Morgan fingerprint density at radius 1 is 1.50 bits per heavy atom. The van der Waals surface area contributed by atoms with Gasteiger partial charge < -0.3 is 9.88 Å². The predicted octanol–water partition coefficient (Wildman–Crippen LogP) is 3.28. The maximum absolute atomic E-state index is 12.6. The first-order valence-corrected chi connectivity index (χ1v) is 7.86. The first-order valence-electron chi connectivity index (χ1n) is 7.86. The summed E-state index contributed by atoms with van der Waals surface area (Å²) in [5.74, 6) is 0.677. The summed E-state index contributed by atoms with van der Waals surface area (Å²) in [6.07, 6.45) is 3.70. The van der Waals surface area contributed by atoms with E-state index in [1.54, 1.807) is 11.9 Å². The monoisotopic (exact) mass is 295 g/mol. The molecule has 2 aromatic rings. The number of hydrogen-bond donors (Lipinski definition) is 1. The van der Waals surface area contributed by atoms with Gasteiger partial charge in [-0.1, -0.05) is 19.1 Å². The molecule has 1 aliphatic rings. The molecule has 1 amide bonds. The molecule has 1 aromatic carbocycles. The van der Waals surface area contributed by atoms with E-state index in [0.29, 0.717) is 24.4 Å². The third-order valence-electron chi connectivity index (χ3n) is 4.61. The summed E-state index contributed by atoms with van der Waals surface area (Å²) < 4.78 is 0. The van der Waals surface area contributed by atoms with Crippen molar-refractivity contribution in [2.75, 3.05) is 13.6 Å². The molecule has 0 radical (unpaired) electrons. The zero-order valence-electron chi connectivity index (χ0n) is 13.1. The van der Waals surface area contributed by atoms with Crippen molar-refractivity contribution in [1.82, 2.24) is 9.88 Å². The van der Waals surface area contributed by atoms with Gasteiger partial charge in [0.1, 0.15) is 0 Å².